The molecule has 1 aromatic carbocycles. The molecule has 1 aromatic rings. The Hall–Kier alpha value is -1.69. The van der Waals surface area contributed by atoms with E-state index in [2.05, 4.69) is 6.07 Å². The first-order valence-corrected chi connectivity index (χ1v) is 5.35. The van der Waals surface area contributed by atoms with E-state index < -0.39 is 0 Å². The molecular weight excluding hydrogens is 202 g/mol. The Labute approximate surface area is 95.6 Å². The number of hydrogen-bond donors (Lipinski definition) is 0. The summed E-state index contributed by atoms with van der Waals surface area (Å²) < 4.78 is 10.4. The Bertz CT molecular complexity index is 430. The molecule has 1 saturated carbocycles. The number of hydrogen-bond acceptors (Lipinski definition) is 3. The van der Waals surface area contributed by atoms with Crippen LogP contribution in [0.4, 0.5) is 0 Å². The molecule has 0 aliphatic heterocycles. The van der Waals surface area contributed by atoms with Crippen molar-refractivity contribution in [3.63, 3.8) is 0 Å². The first kappa shape index (κ1) is 10.8. The van der Waals surface area contributed by atoms with Gasteiger partial charge in [-0.1, -0.05) is 6.07 Å². The molecule has 0 radical (unpaired) electrons. The lowest BCUT2D eigenvalue weighted by atomic mass is 9.98. The van der Waals surface area contributed by atoms with E-state index in [0.29, 0.717) is 0 Å². The van der Waals surface area contributed by atoms with Crippen LogP contribution in [0.25, 0.3) is 0 Å². The molecule has 3 nitrogen and oxygen atoms in total. The van der Waals surface area contributed by atoms with Crippen LogP contribution < -0.4 is 9.47 Å². The highest BCUT2D eigenvalue weighted by Crippen LogP contribution is 2.48. The fourth-order valence-electron chi connectivity index (χ4n) is 1.86. The standard InChI is InChI=1S/C13H15NO2/c1-15-11-4-3-10(7-12(11)16-2)8-13(9-14)5-6-13/h3-4,7H,5-6,8H2,1-2H3. The Morgan fingerprint density at radius 3 is 2.44 bits per heavy atom. The molecule has 3 heteroatoms. The number of rotatable bonds is 4. The van der Waals surface area contributed by atoms with Crippen LogP contribution in [0.2, 0.25) is 0 Å². The van der Waals surface area contributed by atoms with Crippen molar-refractivity contribution in [3.8, 4) is 17.6 Å². The maximum absolute atomic E-state index is 9.04. The fraction of sp³-hybridized carbons (Fsp3) is 0.462. The normalized spacial score (nSPS) is 16.3. The molecule has 2 rings (SSSR count). The summed E-state index contributed by atoms with van der Waals surface area (Å²) in [6.45, 7) is 0. The predicted octanol–water partition coefficient (Wildman–Crippen LogP) is 2.55. The van der Waals surface area contributed by atoms with Crippen molar-refractivity contribution in [2.75, 3.05) is 14.2 Å². The van der Waals surface area contributed by atoms with E-state index in [9.17, 15) is 0 Å². The number of benzene rings is 1. The van der Waals surface area contributed by atoms with Crippen LogP contribution in [0.5, 0.6) is 11.5 Å². The van der Waals surface area contributed by atoms with E-state index in [0.717, 1.165) is 36.3 Å². The molecule has 84 valence electrons. The van der Waals surface area contributed by atoms with Crippen LogP contribution in [0.15, 0.2) is 18.2 Å². The molecule has 0 unspecified atom stereocenters. The van der Waals surface area contributed by atoms with E-state index in [4.69, 9.17) is 14.7 Å². The van der Waals surface area contributed by atoms with Crippen molar-refractivity contribution in [3.05, 3.63) is 23.8 Å². The molecular formula is C13H15NO2. The minimum absolute atomic E-state index is 0.112. The van der Waals surface area contributed by atoms with E-state index >= 15 is 0 Å². The molecule has 0 atom stereocenters. The maximum Gasteiger partial charge on any atom is 0.160 e. The third-order valence-corrected chi connectivity index (χ3v) is 3.08. The van der Waals surface area contributed by atoms with Gasteiger partial charge in [-0.15, -0.1) is 0 Å². The second-order valence-electron chi connectivity index (χ2n) is 4.26. The summed E-state index contributed by atoms with van der Waals surface area (Å²) >= 11 is 0. The fourth-order valence-corrected chi connectivity index (χ4v) is 1.86. The molecule has 1 aliphatic rings. The lowest BCUT2D eigenvalue weighted by Gasteiger charge is -2.11. The second-order valence-corrected chi connectivity index (χ2v) is 4.26. The smallest absolute Gasteiger partial charge is 0.160 e. The Kier molecular flexibility index (Phi) is 2.74. The average molecular weight is 217 g/mol. The van der Waals surface area contributed by atoms with Gasteiger partial charge in [-0.3, -0.25) is 0 Å². The van der Waals surface area contributed by atoms with Crippen LogP contribution in [-0.4, -0.2) is 14.2 Å². The second kappa shape index (κ2) is 4.05. The molecule has 1 fully saturated rings. The van der Waals surface area contributed by atoms with E-state index in [-0.39, 0.29) is 5.41 Å². The zero-order chi connectivity index (χ0) is 11.6. The van der Waals surface area contributed by atoms with Gasteiger partial charge in [0.1, 0.15) is 0 Å². The van der Waals surface area contributed by atoms with Gasteiger partial charge in [0, 0.05) is 0 Å². The minimum Gasteiger partial charge on any atom is -0.493 e. The van der Waals surface area contributed by atoms with Crippen molar-refractivity contribution in [2.45, 2.75) is 19.3 Å². The van der Waals surface area contributed by atoms with Crippen molar-refractivity contribution in [1.82, 2.24) is 0 Å². The molecule has 0 aromatic heterocycles. The van der Waals surface area contributed by atoms with Gasteiger partial charge in [-0.25, -0.2) is 0 Å². The third kappa shape index (κ3) is 1.96. The summed E-state index contributed by atoms with van der Waals surface area (Å²) in [6.07, 6.45) is 2.83. The molecule has 0 bridgehead atoms. The SMILES string of the molecule is COc1ccc(CC2(C#N)CC2)cc1OC. The molecule has 16 heavy (non-hydrogen) atoms. The zero-order valence-electron chi connectivity index (χ0n) is 9.62. The Morgan fingerprint density at radius 2 is 1.94 bits per heavy atom. The van der Waals surface area contributed by atoms with Crippen LogP contribution in [0.1, 0.15) is 18.4 Å². The van der Waals surface area contributed by atoms with Crippen LogP contribution in [-0.2, 0) is 6.42 Å². The van der Waals surface area contributed by atoms with Gasteiger partial charge in [-0.2, -0.15) is 5.26 Å². The summed E-state index contributed by atoms with van der Waals surface area (Å²) in [5.74, 6) is 1.46. The first-order chi connectivity index (χ1) is 7.73. The number of nitrogens with zero attached hydrogens (tertiary/aromatic N) is 1. The van der Waals surface area contributed by atoms with Gasteiger partial charge < -0.3 is 9.47 Å². The molecule has 0 heterocycles. The first-order valence-electron chi connectivity index (χ1n) is 5.35. The average Bonchev–Trinajstić information content (AvgIpc) is 3.09. The van der Waals surface area contributed by atoms with Gasteiger partial charge in [-0.05, 0) is 37.0 Å². The molecule has 0 amide bonds. The molecule has 0 spiro atoms. The monoisotopic (exact) mass is 217 g/mol. The van der Waals surface area contributed by atoms with Crippen LogP contribution in [0.3, 0.4) is 0 Å². The van der Waals surface area contributed by atoms with Gasteiger partial charge in [0.15, 0.2) is 11.5 Å². The van der Waals surface area contributed by atoms with Gasteiger partial charge in [0.25, 0.3) is 0 Å². The van der Waals surface area contributed by atoms with Gasteiger partial charge in [0.2, 0.25) is 0 Å². The quantitative estimate of drug-likeness (QED) is 0.778. The summed E-state index contributed by atoms with van der Waals surface area (Å²) in [5.41, 5.74) is 1.02. The molecule has 0 N–H and O–H groups in total. The van der Waals surface area contributed by atoms with Gasteiger partial charge >= 0.3 is 0 Å². The summed E-state index contributed by atoms with van der Waals surface area (Å²) in [5, 5.41) is 9.04. The predicted molar refractivity (Wildman–Crippen MR) is 60.5 cm³/mol. The Balaban J connectivity index is 2.20. The zero-order valence-corrected chi connectivity index (χ0v) is 9.62. The Morgan fingerprint density at radius 1 is 1.25 bits per heavy atom. The number of nitriles is 1. The minimum atomic E-state index is -0.112. The van der Waals surface area contributed by atoms with Crippen molar-refractivity contribution < 1.29 is 9.47 Å². The maximum atomic E-state index is 9.04. The molecule has 1 aliphatic carbocycles. The van der Waals surface area contributed by atoms with Crippen molar-refractivity contribution in [2.24, 2.45) is 5.41 Å². The summed E-state index contributed by atoms with van der Waals surface area (Å²) in [6, 6.07) is 8.24. The lowest BCUT2D eigenvalue weighted by Crippen LogP contribution is -2.02. The summed E-state index contributed by atoms with van der Waals surface area (Å²) in [4.78, 5) is 0. The highest BCUT2D eigenvalue weighted by atomic mass is 16.5. The number of methoxy groups -OCH3 is 2. The van der Waals surface area contributed by atoms with Crippen molar-refractivity contribution >= 4 is 0 Å². The highest BCUT2D eigenvalue weighted by molar-refractivity contribution is 5.43. The van der Waals surface area contributed by atoms with E-state index in [1.807, 2.05) is 18.2 Å². The lowest BCUT2D eigenvalue weighted by molar-refractivity contribution is 0.354. The molecule has 0 saturated heterocycles. The van der Waals surface area contributed by atoms with E-state index in [1.54, 1.807) is 14.2 Å². The summed E-state index contributed by atoms with van der Waals surface area (Å²) in [7, 11) is 3.24. The van der Waals surface area contributed by atoms with Crippen molar-refractivity contribution in [1.29, 1.82) is 5.26 Å². The number of ether oxygens (including phenoxy) is 2. The van der Waals surface area contributed by atoms with Crippen LogP contribution in [0, 0.1) is 16.7 Å². The van der Waals surface area contributed by atoms with E-state index in [1.165, 1.54) is 0 Å². The topological polar surface area (TPSA) is 42.2 Å². The largest absolute Gasteiger partial charge is 0.493 e. The third-order valence-electron chi connectivity index (χ3n) is 3.08. The highest BCUT2D eigenvalue weighted by Gasteiger charge is 2.43. The van der Waals surface area contributed by atoms with Gasteiger partial charge in [0.05, 0.1) is 25.7 Å². The van der Waals surface area contributed by atoms with Crippen LogP contribution >= 0.6 is 0 Å².